The zero-order valence-corrected chi connectivity index (χ0v) is 16.2. The maximum Gasteiger partial charge on any atom is 0.287 e. The molecule has 26 heavy (non-hydrogen) atoms. The Hall–Kier alpha value is -1.75. The number of benzene rings is 1. The first-order valence-corrected chi connectivity index (χ1v) is 10.4. The third-order valence-electron chi connectivity index (χ3n) is 5.31. The molecule has 1 aromatic heterocycles. The molecule has 0 radical (unpaired) electrons. The van der Waals surface area contributed by atoms with Gasteiger partial charge in [-0.25, -0.2) is 4.39 Å². The third-order valence-corrected chi connectivity index (χ3v) is 6.34. The van der Waals surface area contributed by atoms with Gasteiger partial charge in [-0.3, -0.25) is 4.79 Å². The van der Waals surface area contributed by atoms with Gasteiger partial charge in [0.15, 0.2) is 5.76 Å². The van der Waals surface area contributed by atoms with Crippen molar-refractivity contribution in [3.63, 3.8) is 0 Å². The van der Waals surface area contributed by atoms with Crippen LogP contribution in [0, 0.1) is 17.7 Å². The maximum atomic E-state index is 13.2. The zero-order chi connectivity index (χ0) is 18.5. The summed E-state index contributed by atoms with van der Waals surface area (Å²) in [4.78, 5) is 12.5. The highest BCUT2D eigenvalue weighted by atomic mass is 32.2. The number of furan rings is 1. The van der Waals surface area contributed by atoms with Crippen LogP contribution < -0.4 is 5.32 Å². The molecule has 3 nitrogen and oxygen atoms in total. The van der Waals surface area contributed by atoms with Gasteiger partial charge in [0.1, 0.15) is 11.6 Å². The molecule has 140 valence electrons. The van der Waals surface area contributed by atoms with Crippen molar-refractivity contribution in [2.45, 2.75) is 50.7 Å². The van der Waals surface area contributed by atoms with Gasteiger partial charge >= 0.3 is 0 Å². The van der Waals surface area contributed by atoms with Gasteiger partial charge in [0.2, 0.25) is 0 Å². The van der Waals surface area contributed by atoms with Crippen LogP contribution in [0.25, 0.3) is 0 Å². The van der Waals surface area contributed by atoms with Crippen LogP contribution >= 0.6 is 11.8 Å². The van der Waals surface area contributed by atoms with Crippen molar-refractivity contribution in [1.82, 2.24) is 5.32 Å². The molecule has 1 saturated carbocycles. The predicted octanol–water partition coefficient (Wildman–Crippen LogP) is 5.41. The van der Waals surface area contributed by atoms with E-state index in [4.69, 9.17) is 4.42 Å². The molecule has 1 aliphatic rings. The lowest BCUT2D eigenvalue weighted by Crippen LogP contribution is -2.43. The third kappa shape index (κ3) is 4.91. The first-order valence-electron chi connectivity index (χ1n) is 9.24. The number of carbonyl (C=O) groups excluding carboxylic acids is 1. The molecule has 5 heteroatoms. The van der Waals surface area contributed by atoms with E-state index in [0.29, 0.717) is 29.1 Å². The molecule has 1 amide bonds. The lowest BCUT2D eigenvalue weighted by molar-refractivity contribution is 0.0861. The number of halogens is 1. The topological polar surface area (TPSA) is 42.2 Å². The number of carbonyl (C=O) groups is 1. The van der Waals surface area contributed by atoms with E-state index >= 15 is 0 Å². The van der Waals surface area contributed by atoms with Gasteiger partial charge in [-0.2, -0.15) is 0 Å². The smallest absolute Gasteiger partial charge is 0.287 e. The van der Waals surface area contributed by atoms with Gasteiger partial charge < -0.3 is 9.73 Å². The second-order valence-corrected chi connectivity index (χ2v) is 8.22. The molecular weight excluding hydrogens is 349 g/mol. The van der Waals surface area contributed by atoms with E-state index in [-0.39, 0.29) is 17.8 Å². The fraction of sp³-hybridized carbons (Fsp3) is 0.476. The second kappa shape index (κ2) is 8.76. The normalized spacial score (nSPS) is 23.0. The Bertz CT molecular complexity index is 745. The number of amides is 1. The van der Waals surface area contributed by atoms with E-state index in [0.717, 1.165) is 24.2 Å². The Morgan fingerprint density at radius 2 is 2.08 bits per heavy atom. The average molecular weight is 376 g/mol. The number of rotatable bonds is 6. The molecule has 1 aromatic carbocycles. The van der Waals surface area contributed by atoms with Crippen LogP contribution in [-0.2, 0) is 11.5 Å². The quantitative estimate of drug-likeness (QED) is 0.734. The van der Waals surface area contributed by atoms with Crippen molar-refractivity contribution >= 4 is 17.7 Å². The van der Waals surface area contributed by atoms with E-state index in [9.17, 15) is 9.18 Å². The van der Waals surface area contributed by atoms with Gasteiger partial charge in [-0.05, 0) is 48.1 Å². The Kier molecular flexibility index (Phi) is 6.41. The molecule has 2 aromatic rings. The number of nitrogens with one attached hydrogen (secondary N) is 1. The molecule has 1 heterocycles. The van der Waals surface area contributed by atoms with Crippen LogP contribution in [0.1, 0.15) is 55.0 Å². The minimum absolute atomic E-state index is 0.127. The summed E-state index contributed by atoms with van der Waals surface area (Å²) >= 11 is 1.64. The summed E-state index contributed by atoms with van der Waals surface area (Å²) in [5.41, 5.74) is 0.944. The summed E-state index contributed by atoms with van der Waals surface area (Å²) < 4.78 is 18.9. The molecule has 0 saturated heterocycles. The first-order chi connectivity index (χ1) is 12.5. The van der Waals surface area contributed by atoms with Crippen molar-refractivity contribution in [2.24, 2.45) is 11.8 Å². The first kappa shape index (κ1) is 19.0. The fourth-order valence-corrected chi connectivity index (χ4v) is 4.37. The molecule has 3 atom stereocenters. The Morgan fingerprint density at radius 3 is 2.88 bits per heavy atom. The van der Waals surface area contributed by atoms with Crippen molar-refractivity contribution < 1.29 is 13.6 Å². The van der Waals surface area contributed by atoms with Crippen LogP contribution in [0.15, 0.2) is 40.8 Å². The standard InChI is InChI=1S/C21H26FNO2S/c1-14-5-3-8-19(15(14)2)23-21(24)20-10-9-18(25-20)13-26-12-16-6-4-7-17(22)11-16/h4,6-7,9-11,14-15,19H,3,5,8,12-13H2,1-2H3,(H,23,24)/t14-,15+,19+/m1/s1. The number of hydrogen-bond donors (Lipinski definition) is 1. The minimum Gasteiger partial charge on any atom is -0.455 e. The zero-order valence-electron chi connectivity index (χ0n) is 15.3. The average Bonchev–Trinajstić information content (AvgIpc) is 3.08. The van der Waals surface area contributed by atoms with Crippen molar-refractivity contribution in [3.8, 4) is 0 Å². The fourth-order valence-electron chi connectivity index (χ4n) is 3.50. The van der Waals surface area contributed by atoms with E-state index in [1.807, 2.05) is 12.1 Å². The molecule has 0 unspecified atom stereocenters. The summed E-state index contributed by atoms with van der Waals surface area (Å²) in [6, 6.07) is 10.4. The molecule has 1 fully saturated rings. The SMILES string of the molecule is C[C@H]1[C@H](C)CCC[C@@H]1NC(=O)c1ccc(CSCc2cccc(F)c2)o1. The lowest BCUT2D eigenvalue weighted by atomic mass is 9.78. The predicted molar refractivity (Wildman–Crippen MR) is 104 cm³/mol. The van der Waals surface area contributed by atoms with Crippen molar-refractivity contribution in [3.05, 3.63) is 59.3 Å². The molecule has 0 aliphatic heterocycles. The minimum atomic E-state index is -0.216. The highest BCUT2D eigenvalue weighted by molar-refractivity contribution is 7.97. The van der Waals surface area contributed by atoms with Crippen LogP contribution in [-0.4, -0.2) is 11.9 Å². The molecule has 0 spiro atoms. The summed E-state index contributed by atoms with van der Waals surface area (Å²) in [7, 11) is 0. The Labute approximate surface area is 158 Å². The summed E-state index contributed by atoms with van der Waals surface area (Å²) in [5.74, 6) is 3.28. The van der Waals surface area contributed by atoms with Gasteiger partial charge in [0.25, 0.3) is 5.91 Å². The highest BCUT2D eigenvalue weighted by Crippen LogP contribution is 2.29. The maximum absolute atomic E-state index is 13.2. The van der Waals surface area contributed by atoms with E-state index in [2.05, 4.69) is 19.2 Å². The Balaban J connectivity index is 1.50. The van der Waals surface area contributed by atoms with Gasteiger partial charge in [0, 0.05) is 11.8 Å². The summed E-state index contributed by atoms with van der Waals surface area (Å²) in [6.45, 7) is 4.47. The van der Waals surface area contributed by atoms with Crippen LogP contribution in [0.5, 0.6) is 0 Å². The summed E-state index contributed by atoms with van der Waals surface area (Å²) in [5, 5.41) is 3.14. The monoisotopic (exact) mass is 375 g/mol. The van der Waals surface area contributed by atoms with Crippen LogP contribution in [0.4, 0.5) is 4.39 Å². The highest BCUT2D eigenvalue weighted by Gasteiger charge is 2.29. The van der Waals surface area contributed by atoms with E-state index in [1.165, 1.54) is 12.5 Å². The molecule has 3 rings (SSSR count). The molecule has 0 bridgehead atoms. The molecule has 1 aliphatic carbocycles. The van der Waals surface area contributed by atoms with Gasteiger partial charge in [-0.1, -0.05) is 38.8 Å². The van der Waals surface area contributed by atoms with Crippen LogP contribution in [0.2, 0.25) is 0 Å². The van der Waals surface area contributed by atoms with Gasteiger partial charge in [-0.15, -0.1) is 11.8 Å². The largest absolute Gasteiger partial charge is 0.455 e. The van der Waals surface area contributed by atoms with E-state index < -0.39 is 0 Å². The molecule has 1 N–H and O–H groups in total. The van der Waals surface area contributed by atoms with Gasteiger partial charge in [0.05, 0.1) is 5.75 Å². The van der Waals surface area contributed by atoms with Crippen LogP contribution in [0.3, 0.4) is 0 Å². The van der Waals surface area contributed by atoms with E-state index in [1.54, 1.807) is 30.0 Å². The lowest BCUT2D eigenvalue weighted by Gasteiger charge is -2.34. The number of hydrogen-bond acceptors (Lipinski definition) is 3. The Morgan fingerprint density at radius 1 is 1.23 bits per heavy atom. The van der Waals surface area contributed by atoms with Crippen molar-refractivity contribution in [2.75, 3.05) is 0 Å². The second-order valence-electron chi connectivity index (χ2n) is 7.24. The van der Waals surface area contributed by atoms with Crippen molar-refractivity contribution in [1.29, 1.82) is 0 Å². The summed E-state index contributed by atoms with van der Waals surface area (Å²) in [6.07, 6.45) is 3.44. The molecular formula is C21H26FNO2S. The number of thioether (sulfide) groups is 1.